The predicted octanol–water partition coefficient (Wildman–Crippen LogP) is 4.51. The summed E-state index contributed by atoms with van der Waals surface area (Å²) in [5.41, 5.74) is 4.20. The van der Waals surface area contributed by atoms with Crippen LogP contribution in [0.15, 0.2) is 48.7 Å². The number of nitrogens with one attached hydrogen (secondary N) is 1. The van der Waals surface area contributed by atoms with Gasteiger partial charge in [-0.2, -0.15) is 0 Å². The minimum Gasteiger partial charge on any atom is -0.496 e. The molecule has 1 fully saturated rings. The fourth-order valence-corrected chi connectivity index (χ4v) is 4.40. The Morgan fingerprint density at radius 2 is 2.00 bits per heavy atom. The fourth-order valence-electron chi connectivity index (χ4n) is 4.40. The minimum atomic E-state index is -0.299. The number of methoxy groups -OCH3 is 1. The van der Waals surface area contributed by atoms with Gasteiger partial charge in [0.2, 0.25) is 0 Å². The van der Waals surface area contributed by atoms with Gasteiger partial charge in [-0.15, -0.1) is 0 Å². The maximum Gasteiger partial charge on any atom is 0.254 e. The van der Waals surface area contributed by atoms with Gasteiger partial charge in [0.1, 0.15) is 17.4 Å². The molecule has 1 saturated heterocycles. The highest BCUT2D eigenvalue weighted by atomic mass is 19.1. The zero-order valence-corrected chi connectivity index (χ0v) is 19.3. The third kappa shape index (κ3) is 5.20. The smallest absolute Gasteiger partial charge is 0.254 e. The fraction of sp³-hybridized carbons (Fsp3) is 0.346. The van der Waals surface area contributed by atoms with Crippen LogP contribution in [0, 0.1) is 19.7 Å². The highest BCUT2D eigenvalue weighted by molar-refractivity contribution is 5.94. The third-order valence-corrected chi connectivity index (χ3v) is 6.14. The van der Waals surface area contributed by atoms with Gasteiger partial charge in [0, 0.05) is 24.8 Å². The number of halogens is 1. The molecule has 33 heavy (non-hydrogen) atoms. The van der Waals surface area contributed by atoms with Gasteiger partial charge < -0.3 is 10.1 Å². The first kappa shape index (κ1) is 22.9. The van der Waals surface area contributed by atoms with Crippen molar-refractivity contribution in [2.45, 2.75) is 45.8 Å². The van der Waals surface area contributed by atoms with Crippen molar-refractivity contribution >= 4 is 5.91 Å². The highest BCUT2D eigenvalue weighted by Gasteiger charge is 2.29. The number of nitrogens with zero attached hydrogens (tertiary/aromatic N) is 3. The monoisotopic (exact) mass is 448 g/mol. The molecule has 1 amide bonds. The van der Waals surface area contributed by atoms with E-state index in [-0.39, 0.29) is 17.8 Å². The molecule has 2 aromatic carbocycles. The Kier molecular flexibility index (Phi) is 6.99. The van der Waals surface area contributed by atoms with E-state index in [9.17, 15) is 9.18 Å². The number of hydrogen-bond acceptors (Lipinski definition) is 5. The number of amides is 1. The molecule has 172 valence electrons. The van der Waals surface area contributed by atoms with E-state index >= 15 is 0 Å². The van der Waals surface area contributed by atoms with Crippen molar-refractivity contribution in [3.05, 3.63) is 88.3 Å². The Bertz CT molecular complexity index is 1130. The van der Waals surface area contributed by atoms with E-state index in [0.29, 0.717) is 17.8 Å². The van der Waals surface area contributed by atoms with Crippen molar-refractivity contribution < 1.29 is 13.9 Å². The molecule has 1 N–H and O–H groups in total. The Hall–Kier alpha value is -3.32. The lowest BCUT2D eigenvalue weighted by Crippen LogP contribution is -2.27. The van der Waals surface area contributed by atoms with Crippen LogP contribution in [0.1, 0.15) is 57.5 Å². The average Bonchev–Trinajstić information content (AvgIpc) is 3.27. The maximum absolute atomic E-state index is 13.1. The Balaban J connectivity index is 1.46. The van der Waals surface area contributed by atoms with E-state index < -0.39 is 0 Å². The number of ether oxygens (including phenoxy) is 1. The molecule has 4 rings (SSSR count). The standard InChI is InChI=1S/C26H29FN4O2/c1-17-6-4-7-20(24(17)33-3)16-31-13-5-8-23(31)25-28-15-22(18(2)30-25)26(32)29-14-19-9-11-21(27)12-10-19/h4,6-7,9-12,15,23H,5,8,13-14,16H2,1-3H3,(H,29,32)/t23-/m1/s1. The first-order valence-corrected chi connectivity index (χ1v) is 11.2. The number of carbonyl (C=O) groups excluding carboxylic acids is 1. The summed E-state index contributed by atoms with van der Waals surface area (Å²) in [6.07, 6.45) is 3.66. The summed E-state index contributed by atoms with van der Waals surface area (Å²) in [7, 11) is 1.71. The Morgan fingerprint density at radius 3 is 2.73 bits per heavy atom. The van der Waals surface area contributed by atoms with Crippen LogP contribution in [0.3, 0.4) is 0 Å². The van der Waals surface area contributed by atoms with Crippen LogP contribution >= 0.6 is 0 Å². The number of aromatic nitrogens is 2. The average molecular weight is 449 g/mol. The van der Waals surface area contributed by atoms with Crippen LogP contribution in [0.4, 0.5) is 4.39 Å². The second-order valence-corrected chi connectivity index (χ2v) is 8.43. The van der Waals surface area contributed by atoms with Crippen molar-refractivity contribution in [1.29, 1.82) is 0 Å². The summed E-state index contributed by atoms with van der Waals surface area (Å²) in [6.45, 7) is 5.92. The van der Waals surface area contributed by atoms with E-state index in [2.05, 4.69) is 40.3 Å². The molecule has 0 bridgehead atoms. The number of carbonyl (C=O) groups is 1. The van der Waals surface area contributed by atoms with Crippen molar-refractivity contribution in [3.8, 4) is 5.75 Å². The Labute approximate surface area is 193 Å². The molecule has 6 nitrogen and oxygen atoms in total. The van der Waals surface area contributed by atoms with Gasteiger partial charge in [-0.3, -0.25) is 9.69 Å². The third-order valence-electron chi connectivity index (χ3n) is 6.14. The normalized spacial score (nSPS) is 16.1. The molecule has 1 atom stereocenters. The molecule has 1 aliphatic rings. The van der Waals surface area contributed by atoms with Crippen molar-refractivity contribution in [2.75, 3.05) is 13.7 Å². The van der Waals surface area contributed by atoms with Crippen molar-refractivity contribution in [2.24, 2.45) is 0 Å². The molecule has 3 aromatic rings. The van der Waals surface area contributed by atoms with Crippen LogP contribution < -0.4 is 10.1 Å². The van der Waals surface area contributed by atoms with Gasteiger partial charge >= 0.3 is 0 Å². The predicted molar refractivity (Wildman–Crippen MR) is 124 cm³/mol. The van der Waals surface area contributed by atoms with Crippen molar-refractivity contribution in [1.82, 2.24) is 20.2 Å². The quantitative estimate of drug-likeness (QED) is 0.576. The second kappa shape index (κ2) is 10.1. The lowest BCUT2D eigenvalue weighted by molar-refractivity contribution is 0.0949. The van der Waals surface area contributed by atoms with Crippen LogP contribution in [-0.2, 0) is 13.1 Å². The molecule has 1 aliphatic heterocycles. The van der Waals surface area contributed by atoms with Crippen LogP contribution in [0.25, 0.3) is 0 Å². The summed E-state index contributed by atoms with van der Waals surface area (Å²) in [6, 6.07) is 12.4. The molecule has 0 unspecified atom stereocenters. The van der Waals surface area contributed by atoms with E-state index in [1.807, 2.05) is 6.92 Å². The topological polar surface area (TPSA) is 67.3 Å². The zero-order chi connectivity index (χ0) is 23.4. The summed E-state index contributed by atoms with van der Waals surface area (Å²) < 4.78 is 18.7. The number of hydrogen-bond donors (Lipinski definition) is 1. The zero-order valence-electron chi connectivity index (χ0n) is 19.3. The lowest BCUT2D eigenvalue weighted by atomic mass is 10.1. The van der Waals surface area contributed by atoms with Crippen LogP contribution in [0.5, 0.6) is 5.75 Å². The van der Waals surface area contributed by atoms with Gasteiger partial charge in [-0.05, 0) is 56.5 Å². The van der Waals surface area contributed by atoms with E-state index in [0.717, 1.165) is 54.2 Å². The maximum atomic E-state index is 13.1. The van der Waals surface area contributed by atoms with Crippen LogP contribution in [0.2, 0.25) is 0 Å². The number of aryl methyl sites for hydroxylation is 2. The molecule has 1 aromatic heterocycles. The molecule has 0 radical (unpaired) electrons. The molecular weight excluding hydrogens is 419 g/mol. The van der Waals surface area contributed by atoms with E-state index in [1.165, 1.54) is 12.1 Å². The number of benzene rings is 2. The minimum absolute atomic E-state index is 0.102. The number of rotatable bonds is 7. The second-order valence-electron chi connectivity index (χ2n) is 8.43. The molecule has 2 heterocycles. The molecule has 7 heteroatoms. The highest BCUT2D eigenvalue weighted by Crippen LogP contribution is 2.34. The number of likely N-dealkylation sites (tertiary alicyclic amines) is 1. The summed E-state index contributed by atoms with van der Waals surface area (Å²) in [5, 5.41) is 2.86. The van der Waals surface area contributed by atoms with Crippen molar-refractivity contribution in [3.63, 3.8) is 0 Å². The van der Waals surface area contributed by atoms with Gasteiger partial charge in [0.25, 0.3) is 5.91 Å². The van der Waals surface area contributed by atoms with E-state index in [4.69, 9.17) is 9.72 Å². The molecular formula is C26H29FN4O2. The first-order valence-electron chi connectivity index (χ1n) is 11.2. The van der Waals surface area contributed by atoms with Gasteiger partial charge in [0.15, 0.2) is 0 Å². The summed E-state index contributed by atoms with van der Waals surface area (Å²) >= 11 is 0. The van der Waals surface area contributed by atoms with E-state index in [1.54, 1.807) is 25.4 Å². The molecule has 0 spiro atoms. The molecule has 0 saturated carbocycles. The van der Waals surface area contributed by atoms with Gasteiger partial charge in [-0.25, -0.2) is 14.4 Å². The SMILES string of the molecule is COc1c(C)cccc1CN1CCC[C@@H]1c1ncc(C(=O)NCc2ccc(F)cc2)c(C)n1. The Morgan fingerprint density at radius 1 is 1.21 bits per heavy atom. The summed E-state index contributed by atoms with van der Waals surface area (Å²) in [5.74, 6) is 1.13. The first-order chi connectivity index (χ1) is 16.0. The van der Waals surface area contributed by atoms with Crippen LogP contribution in [-0.4, -0.2) is 34.4 Å². The largest absolute Gasteiger partial charge is 0.496 e. The lowest BCUT2D eigenvalue weighted by Gasteiger charge is -2.25. The summed E-state index contributed by atoms with van der Waals surface area (Å²) in [4.78, 5) is 24.3. The number of para-hydroxylation sites is 1. The van der Waals surface area contributed by atoms with Gasteiger partial charge in [-0.1, -0.05) is 30.3 Å². The van der Waals surface area contributed by atoms with Gasteiger partial charge in [0.05, 0.1) is 24.4 Å². The molecule has 0 aliphatic carbocycles.